The monoisotopic (exact) mass is 272 g/mol. The third-order valence-corrected chi connectivity index (χ3v) is 6.14. The lowest BCUT2D eigenvalue weighted by atomic mass is 9.58. The van der Waals surface area contributed by atoms with Crippen LogP contribution in [0.25, 0.3) is 0 Å². The maximum absolute atomic E-state index is 12.2. The molecule has 3 atom stereocenters. The van der Waals surface area contributed by atoms with Crippen molar-refractivity contribution in [2.45, 2.75) is 45.4 Å². The maximum atomic E-state index is 12.2. The lowest BCUT2D eigenvalue weighted by Gasteiger charge is -2.46. The van der Waals surface area contributed by atoms with Gasteiger partial charge in [-0.25, -0.2) is 4.79 Å². The zero-order valence-corrected chi connectivity index (χ0v) is 11.9. The van der Waals surface area contributed by atoms with Crippen LogP contribution in [0.5, 0.6) is 0 Å². The average Bonchev–Trinajstić information content (AvgIpc) is 2.74. The van der Waals surface area contributed by atoms with Crippen LogP contribution in [0.2, 0.25) is 0 Å². The van der Waals surface area contributed by atoms with E-state index in [2.05, 4.69) is 6.92 Å². The van der Waals surface area contributed by atoms with Crippen molar-refractivity contribution in [1.29, 1.82) is 0 Å². The summed E-state index contributed by atoms with van der Waals surface area (Å²) in [6.45, 7) is 2.63. The molecule has 1 heterocycles. The van der Waals surface area contributed by atoms with Gasteiger partial charge in [0.1, 0.15) is 12.4 Å². The zero-order chi connectivity index (χ0) is 13.9. The number of carbonyl (C=O) groups is 2. The number of esters is 1. The largest absolute Gasteiger partial charge is 0.458 e. The van der Waals surface area contributed by atoms with Gasteiger partial charge < -0.3 is 4.74 Å². The molecule has 1 aliphatic heterocycles. The zero-order valence-electron chi connectivity index (χ0n) is 11.9. The van der Waals surface area contributed by atoms with E-state index in [1.807, 2.05) is 0 Å². The summed E-state index contributed by atoms with van der Waals surface area (Å²) in [6.07, 6.45) is 7.55. The molecule has 0 amide bonds. The second-order valence-corrected chi connectivity index (χ2v) is 6.91. The fourth-order valence-electron chi connectivity index (χ4n) is 4.98. The smallest absolute Gasteiger partial charge is 0.331 e. The highest BCUT2D eigenvalue weighted by molar-refractivity contribution is 5.88. The second-order valence-electron chi connectivity index (χ2n) is 6.91. The summed E-state index contributed by atoms with van der Waals surface area (Å²) in [4.78, 5) is 23.6. The van der Waals surface area contributed by atoms with Crippen LogP contribution in [0.3, 0.4) is 0 Å². The van der Waals surface area contributed by atoms with Gasteiger partial charge in [-0.05, 0) is 55.1 Å². The van der Waals surface area contributed by atoms with Gasteiger partial charge in [-0.3, -0.25) is 4.79 Å². The number of cyclic esters (lactones) is 1. The quantitative estimate of drug-likeness (QED) is 0.637. The highest BCUT2D eigenvalue weighted by atomic mass is 16.5. The summed E-state index contributed by atoms with van der Waals surface area (Å²) in [6, 6.07) is 0. The normalized spacial score (nSPS) is 39.8. The molecule has 0 saturated heterocycles. The van der Waals surface area contributed by atoms with Gasteiger partial charge in [0.2, 0.25) is 0 Å². The van der Waals surface area contributed by atoms with Gasteiger partial charge in [-0.2, -0.15) is 0 Å². The van der Waals surface area contributed by atoms with E-state index in [9.17, 15) is 9.59 Å². The molecule has 0 aromatic carbocycles. The Hall–Kier alpha value is -1.38. The van der Waals surface area contributed by atoms with Crippen LogP contribution in [-0.2, 0) is 14.3 Å². The molecule has 0 aromatic heterocycles. The van der Waals surface area contributed by atoms with E-state index in [1.165, 1.54) is 16.7 Å². The summed E-state index contributed by atoms with van der Waals surface area (Å²) in [7, 11) is 0. The number of fused-ring (bicyclic) bond motifs is 4. The first kappa shape index (κ1) is 12.4. The Balaban J connectivity index is 1.76. The van der Waals surface area contributed by atoms with Crippen LogP contribution in [0.1, 0.15) is 45.4 Å². The van der Waals surface area contributed by atoms with Gasteiger partial charge in [0.25, 0.3) is 0 Å². The van der Waals surface area contributed by atoms with Crippen LogP contribution in [0.4, 0.5) is 0 Å². The third-order valence-electron chi connectivity index (χ3n) is 6.14. The molecular formula is C17H20O3. The highest BCUT2D eigenvalue weighted by Crippen LogP contribution is 2.58. The fraction of sp³-hybridized carbons (Fsp3) is 0.647. The van der Waals surface area contributed by atoms with Crippen LogP contribution in [0.15, 0.2) is 22.8 Å². The van der Waals surface area contributed by atoms with Gasteiger partial charge in [0, 0.05) is 17.9 Å². The van der Waals surface area contributed by atoms with Crippen LogP contribution >= 0.6 is 0 Å². The Morgan fingerprint density at radius 2 is 2.05 bits per heavy atom. The predicted molar refractivity (Wildman–Crippen MR) is 73.9 cm³/mol. The number of rotatable bonds is 0. The number of allylic oxidation sites excluding steroid dienone is 1. The van der Waals surface area contributed by atoms with E-state index < -0.39 is 0 Å². The van der Waals surface area contributed by atoms with E-state index in [0.717, 1.165) is 38.5 Å². The summed E-state index contributed by atoms with van der Waals surface area (Å²) in [5, 5.41) is 0. The summed E-state index contributed by atoms with van der Waals surface area (Å²) >= 11 is 0. The Labute approximate surface area is 119 Å². The van der Waals surface area contributed by atoms with Crippen molar-refractivity contribution in [3.05, 3.63) is 22.8 Å². The van der Waals surface area contributed by atoms with Crippen molar-refractivity contribution >= 4 is 11.8 Å². The van der Waals surface area contributed by atoms with Crippen molar-refractivity contribution in [1.82, 2.24) is 0 Å². The van der Waals surface area contributed by atoms with E-state index in [1.54, 1.807) is 6.08 Å². The van der Waals surface area contributed by atoms with Crippen LogP contribution < -0.4 is 0 Å². The Morgan fingerprint density at radius 3 is 2.90 bits per heavy atom. The molecule has 3 heteroatoms. The topological polar surface area (TPSA) is 43.4 Å². The van der Waals surface area contributed by atoms with Crippen molar-refractivity contribution in [2.24, 2.45) is 17.3 Å². The maximum Gasteiger partial charge on any atom is 0.331 e. The molecule has 2 fully saturated rings. The number of carbonyl (C=O) groups excluding carboxylic acids is 2. The minimum Gasteiger partial charge on any atom is -0.458 e. The molecule has 0 radical (unpaired) electrons. The molecule has 4 aliphatic rings. The predicted octanol–water partition coefficient (Wildman–Crippen LogP) is 2.96. The van der Waals surface area contributed by atoms with Gasteiger partial charge in [0.05, 0.1) is 0 Å². The van der Waals surface area contributed by atoms with Crippen molar-refractivity contribution in [3.8, 4) is 0 Å². The Kier molecular flexibility index (Phi) is 2.51. The lowest BCUT2D eigenvalue weighted by molar-refractivity contribution is -0.137. The summed E-state index contributed by atoms with van der Waals surface area (Å²) in [5.74, 6) is 1.34. The number of Topliss-reactive ketones (excluding diaryl/α,β-unsaturated/α-hetero) is 1. The number of hydrogen-bond donors (Lipinski definition) is 0. The molecular weight excluding hydrogens is 252 g/mol. The van der Waals surface area contributed by atoms with E-state index in [0.29, 0.717) is 24.2 Å². The molecule has 0 unspecified atom stereocenters. The van der Waals surface area contributed by atoms with Crippen molar-refractivity contribution in [2.75, 3.05) is 6.61 Å². The van der Waals surface area contributed by atoms with Gasteiger partial charge >= 0.3 is 5.97 Å². The second kappa shape index (κ2) is 4.06. The first-order valence-electron chi connectivity index (χ1n) is 7.72. The molecule has 0 spiro atoms. The molecule has 0 aromatic rings. The average molecular weight is 272 g/mol. The number of ether oxygens (including phenoxy) is 1. The van der Waals surface area contributed by atoms with Crippen molar-refractivity contribution < 1.29 is 14.3 Å². The highest BCUT2D eigenvalue weighted by Gasteiger charge is 2.53. The van der Waals surface area contributed by atoms with Crippen molar-refractivity contribution in [3.63, 3.8) is 0 Å². The third kappa shape index (κ3) is 1.52. The SMILES string of the molecule is C[C@]12CCC3=C4COC(=O)C=C4CC[C@H]3[C@@H]1CCC2=O. The molecule has 20 heavy (non-hydrogen) atoms. The lowest BCUT2D eigenvalue weighted by Crippen LogP contribution is -2.40. The van der Waals surface area contributed by atoms with Gasteiger partial charge in [-0.1, -0.05) is 12.5 Å². The standard InChI is InChI=1S/C17H20O3/c1-17-7-6-11-12(14(17)4-5-15(17)18)3-2-10-8-16(19)20-9-13(10)11/h8,12,14H,2-7,9H2,1H3/t12-,14+,17+/m1/s1. The fourth-order valence-corrected chi connectivity index (χ4v) is 4.98. The molecule has 4 rings (SSSR count). The first-order valence-corrected chi connectivity index (χ1v) is 7.72. The Bertz CT molecular complexity index is 569. The van der Waals surface area contributed by atoms with E-state index in [4.69, 9.17) is 4.74 Å². The number of ketones is 1. The van der Waals surface area contributed by atoms with Crippen LogP contribution in [0, 0.1) is 17.3 Å². The molecule has 0 bridgehead atoms. The van der Waals surface area contributed by atoms with E-state index in [-0.39, 0.29) is 11.4 Å². The molecule has 0 N–H and O–H groups in total. The number of hydrogen-bond acceptors (Lipinski definition) is 3. The van der Waals surface area contributed by atoms with E-state index >= 15 is 0 Å². The minimum atomic E-state index is -0.195. The van der Waals surface area contributed by atoms with Gasteiger partial charge in [-0.15, -0.1) is 0 Å². The first-order chi connectivity index (χ1) is 9.59. The molecule has 3 nitrogen and oxygen atoms in total. The minimum absolute atomic E-state index is 0.0821. The summed E-state index contributed by atoms with van der Waals surface area (Å²) in [5.41, 5.74) is 3.89. The summed E-state index contributed by atoms with van der Waals surface area (Å²) < 4.78 is 5.21. The van der Waals surface area contributed by atoms with Crippen LogP contribution in [-0.4, -0.2) is 18.4 Å². The molecule has 3 aliphatic carbocycles. The molecule has 106 valence electrons. The Morgan fingerprint density at radius 1 is 1.20 bits per heavy atom. The van der Waals surface area contributed by atoms with Gasteiger partial charge in [0.15, 0.2) is 0 Å². The molecule has 2 saturated carbocycles.